The second-order valence-electron chi connectivity index (χ2n) is 20.4. The van der Waals surface area contributed by atoms with Crippen LogP contribution in [0.1, 0.15) is 5.56 Å². The second kappa shape index (κ2) is 18.1. The van der Waals surface area contributed by atoms with Gasteiger partial charge in [0, 0.05) is 63.6 Å². The number of thiophene rings is 2. The van der Waals surface area contributed by atoms with Crippen molar-refractivity contribution in [1.29, 1.82) is 5.26 Å². The Morgan fingerprint density at radius 1 is 0.350 bits per heavy atom. The van der Waals surface area contributed by atoms with Gasteiger partial charge in [-0.25, -0.2) is 4.85 Å². The molecule has 80 heavy (non-hydrogen) atoms. The summed E-state index contributed by atoms with van der Waals surface area (Å²) in [6, 6.07) is 93.4. The Hall–Kier alpha value is -10.3. The Morgan fingerprint density at radius 3 is 1.40 bits per heavy atom. The molecule has 12 aromatic carbocycles. The molecule has 370 valence electrons. The SMILES string of the molecule is [C-]#[N+]c1c(-c2ccccc2)c(C#N)c(-n2c3c(ccc4c5ccccc5sc43)c3ccc4c5cccc(-c6ccccc6)c5sc4c32)c(-c2cc(-c3ccccc3)cc(-c3ccccc3)c2)c1-n1c2ccccc2c2ccccc21. The fraction of sp³-hybridized carbons (Fsp3) is 0. The van der Waals surface area contributed by atoms with Crippen LogP contribution in [0.5, 0.6) is 0 Å². The number of nitriles is 1. The topological polar surface area (TPSA) is 38.0 Å². The van der Waals surface area contributed by atoms with Crippen molar-refractivity contribution in [2.45, 2.75) is 0 Å². The molecule has 4 heterocycles. The number of aromatic nitrogens is 2. The van der Waals surface area contributed by atoms with Crippen LogP contribution in [0.25, 0.3) is 156 Å². The van der Waals surface area contributed by atoms with E-state index in [0.717, 1.165) is 114 Å². The molecule has 0 saturated heterocycles. The van der Waals surface area contributed by atoms with Crippen molar-refractivity contribution < 1.29 is 0 Å². The minimum absolute atomic E-state index is 0.400. The van der Waals surface area contributed by atoms with E-state index < -0.39 is 0 Å². The van der Waals surface area contributed by atoms with Crippen LogP contribution in [0.4, 0.5) is 5.69 Å². The molecule has 0 aliphatic rings. The maximum absolute atomic E-state index is 12.6. The molecule has 4 aromatic heterocycles. The number of hydrogen-bond acceptors (Lipinski definition) is 3. The number of hydrogen-bond donors (Lipinski definition) is 0. The molecular formula is C74H42N4S2. The first-order chi connectivity index (χ1) is 39.6. The van der Waals surface area contributed by atoms with Crippen molar-refractivity contribution in [3.05, 3.63) is 272 Å². The molecule has 0 fully saturated rings. The fourth-order valence-electron chi connectivity index (χ4n) is 12.7. The summed E-state index contributed by atoms with van der Waals surface area (Å²) >= 11 is 3.62. The molecule has 0 radical (unpaired) electrons. The van der Waals surface area contributed by atoms with Crippen molar-refractivity contribution >= 4 is 112 Å². The Labute approximate surface area is 468 Å². The number of fused-ring (bicyclic) bond motifs is 14. The van der Waals surface area contributed by atoms with E-state index in [-0.39, 0.29) is 0 Å². The van der Waals surface area contributed by atoms with Gasteiger partial charge in [-0.15, -0.1) is 22.7 Å². The van der Waals surface area contributed by atoms with E-state index in [1.807, 2.05) is 29.5 Å². The van der Waals surface area contributed by atoms with Gasteiger partial charge >= 0.3 is 0 Å². The third-order valence-electron chi connectivity index (χ3n) is 16.2. The van der Waals surface area contributed by atoms with Crippen LogP contribution >= 0.6 is 22.7 Å². The molecule has 0 saturated carbocycles. The molecule has 0 bridgehead atoms. The molecular weight excluding hydrogens is 1010 g/mol. The molecule has 0 aliphatic carbocycles. The minimum Gasteiger partial charge on any atom is -0.318 e. The van der Waals surface area contributed by atoms with Crippen molar-refractivity contribution in [3.8, 4) is 73.1 Å². The lowest BCUT2D eigenvalue weighted by Crippen LogP contribution is -2.09. The largest absolute Gasteiger partial charge is 0.318 e. The van der Waals surface area contributed by atoms with E-state index in [2.05, 4.69) is 257 Å². The summed E-state index contributed by atoms with van der Waals surface area (Å²) in [5, 5.41) is 21.6. The molecule has 16 rings (SSSR count). The van der Waals surface area contributed by atoms with Crippen LogP contribution in [0, 0.1) is 17.9 Å². The summed E-state index contributed by atoms with van der Waals surface area (Å²) < 4.78 is 9.45. The van der Waals surface area contributed by atoms with Crippen LogP contribution in [0.15, 0.2) is 255 Å². The maximum atomic E-state index is 12.6. The van der Waals surface area contributed by atoms with E-state index in [4.69, 9.17) is 0 Å². The summed E-state index contributed by atoms with van der Waals surface area (Å²) in [6.07, 6.45) is 0. The first kappa shape index (κ1) is 45.8. The summed E-state index contributed by atoms with van der Waals surface area (Å²) in [7, 11) is 0. The standard InChI is InChI=1S/C74H42N4S2/c1-76-67-65(48-27-12-5-13-28-48)61(44-75)68(66(71(67)77-62-34-17-14-29-53(62)54-30-15-18-35-63(54)77)51-42-49(45-21-6-2-7-22-45)41-50(43-51)46-23-8-3-9-24-46)78-69-56(37-39-59-55-31-16-19-36-64(55)79-73(59)69)57-38-40-60-58-33-20-32-52(47-25-10-4-11-26-47)72(58)80-74(60)70(57)78/h2-43H. The van der Waals surface area contributed by atoms with Gasteiger partial charge in [0.1, 0.15) is 6.07 Å². The Kier molecular flexibility index (Phi) is 10.4. The first-order valence-electron chi connectivity index (χ1n) is 26.8. The monoisotopic (exact) mass is 1050 g/mol. The van der Waals surface area contributed by atoms with E-state index >= 15 is 0 Å². The Morgan fingerprint density at radius 2 is 0.812 bits per heavy atom. The van der Waals surface area contributed by atoms with Gasteiger partial charge in [-0.05, 0) is 80.9 Å². The van der Waals surface area contributed by atoms with Crippen LogP contribution < -0.4 is 0 Å². The normalized spacial score (nSPS) is 11.7. The predicted octanol–water partition coefficient (Wildman–Crippen LogP) is 21.4. The Balaban J connectivity index is 1.21. The highest BCUT2D eigenvalue weighted by atomic mass is 32.1. The van der Waals surface area contributed by atoms with Crippen molar-refractivity contribution in [3.63, 3.8) is 0 Å². The number of rotatable bonds is 7. The molecule has 0 unspecified atom stereocenters. The van der Waals surface area contributed by atoms with Crippen LogP contribution in [-0.2, 0) is 0 Å². The fourth-order valence-corrected chi connectivity index (χ4v) is 15.4. The van der Waals surface area contributed by atoms with E-state index in [1.165, 1.54) is 25.7 Å². The molecule has 6 heteroatoms. The molecule has 4 nitrogen and oxygen atoms in total. The Bertz CT molecular complexity index is 5190. The van der Waals surface area contributed by atoms with E-state index in [0.29, 0.717) is 22.5 Å². The molecule has 0 amide bonds. The van der Waals surface area contributed by atoms with Crippen LogP contribution in [-0.4, -0.2) is 9.13 Å². The highest BCUT2D eigenvalue weighted by Gasteiger charge is 2.33. The summed E-state index contributed by atoms with van der Waals surface area (Å²) in [6.45, 7) is 9.61. The van der Waals surface area contributed by atoms with Crippen molar-refractivity contribution in [1.82, 2.24) is 9.13 Å². The predicted molar refractivity (Wildman–Crippen MR) is 339 cm³/mol. The number of nitrogens with zero attached hydrogens (tertiary/aromatic N) is 4. The quantitative estimate of drug-likeness (QED) is 0.147. The summed E-state index contributed by atoms with van der Waals surface area (Å²) in [4.78, 5) is 4.69. The van der Waals surface area contributed by atoms with Crippen molar-refractivity contribution in [2.24, 2.45) is 0 Å². The first-order valence-corrected chi connectivity index (χ1v) is 28.4. The smallest absolute Gasteiger partial charge is 0.220 e. The lowest BCUT2D eigenvalue weighted by Gasteiger charge is -2.26. The minimum atomic E-state index is 0.400. The average molecular weight is 1050 g/mol. The van der Waals surface area contributed by atoms with E-state index in [9.17, 15) is 11.8 Å². The average Bonchev–Trinajstić information content (AvgIpc) is 4.47. The lowest BCUT2D eigenvalue weighted by atomic mass is 9.86. The van der Waals surface area contributed by atoms with Gasteiger partial charge in [-0.2, -0.15) is 5.26 Å². The highest BCUT2D eigenvalue weighted by molar-refractivity contribution is 7.27. The van der Waals surface area contributed by atoms with Gasteiger partial charge in [-0.3, -0.25) is 0 Å². The van der Waals surface area contributed by atoms with Crippen LogP contribution in [0.3, 0.4) is 0 Å². The third kappa shape index (κ3) is 6.77. The van der Waals surface area contributed by atoms with Gasteiger partial charge in [0.25, 0.3) is 0 Å². The summed E-state index contributed by atoms with van der Waals surface area (Å²) in [5.41, 5.74) is 15.8. The van der Waals surface area contributed by atoms with Crippen molar-refractivity contribution in [2.75, 3.05) is 0 Å². The van der Waals surface area contributed by atoms with Gasteiger partial charge in [0.2, 0.25) is 5.69 Å². The zero-order valence-corrected chi connectivity index (χ0v) is 44.5. The van der Waals surface area contributed by atoms with Gasteiger partial charge in [0.15, 0.2) is 0 Å². The second-order valence-corrected chi connectivity index (χ2v) is 22.5. The number of benzene rings is 12. The third-order valence-corrected chi connectivity index (χ3v) is 18.6. The maximum Gasteiger partial charge on any atom is 0.220 e. The van der Waals surface area contributed by atoms with E-state index in [1.54, 1.807) is 11.3 Å². The zero-order chi connectivity index (χ0) is 53.0. The molecule has 16 aromatic rings. The molecule has 0 N–H and O–H groups in total. The highest BCUT2D eigenvalue weighted by Crippen LogP contribution is 2.55. The summed E-state index contributed by atoms with van der Waals surface area (Å²) in [5.74, 6) is 0. The molecule has 0 spiro atoms. The van der Waals surface area contributed by atoms with Crippen LogP contribution in [0.2, 0.25) is 0 Å². The molecule has 0 aliphatic heterocycles. The lowest BCUT2D eigenvalue weighted by molar-refractivity contribution is 1.14. The van der Waals surface area contributed by atoms with Gasteiger partial charge in [-0.1, -0.05) is 218 Å². The van der Waals surface area contributed by atoms with Gasteiger partial charge in [0.05, 0.1) is 55.0 Å². The van der Waals surface area contributed by atoms with Gasteiger partial charge < -0.3 is 9.13 Å². The number of para-hydroxylation sites is 2. The zero-order valence-electron chi connectivity index (χ0n) is 42.9. The molecule has 0 atom stereocenters.